The number of benzene rings is 2. The molecule has 2 aromatic rings. The van der Waals surface area contributed by atoms with Crippen LogP contribution in [0.1, 0.15) is 88.2 Å². The lowest BCUT2D eigenvalue weighted by Crippen LogP contribution is -2.45. The van der Waals surface area contributed by atoms with Crippen LogP contribution in [-0.4, -0.2) is 40.5 Å². The van der Waals surface area contributed by atoms with Crippen LogP contribution in [0.25, 0.3) is 0 Å². The average Bonchev–Trinajstić information content (AvgIpc) is 2.87. The van der Waals surface area contributed by atoms with E-state index >= 15 is 0 Å². The first-order chi connectivity index (χ1) is 18.4. The van der Waals surface area contributed by atoms with Gasteiger partial charge in [-0.25, -0.2) is 4.79 Å². The van der Waals surface area contributed by atoms with E-state index in [-0.39, 0.29) is 36.4 Å². The monoisotopic (exact) mass is 535 g/mol. The number of hydrogen-bond acceptors (Lipinski definition) is 3. The Bertz CT molecular complexity index is 1100. The van der Waals surface area contributed by atoms with Gasteiger partial charge in [0.25, 0.3) is 5.91 Å². The van der Waals surface area contributed by atoms with Crippen molar-refractivity contribution < 1.29 is 19.5 Å². The summed E-state index contributed by atoms with van der Waals surface area (Å²) in [5, 5.41) is 14.5. The zero-order valence-corrected chi connectivity index (χ0v) is 24.1. The van der Waals surface area contributed by atoms with Crippen LogP contribution in [0, 0.1) is 17.3 Å². The second-order valence-electron chi connectivity index (χ2n) is 12.3. The Morgan fingerprint density at radius 3 is 2.05 bits per heavy atom. The number of aliphatic carboxylic acids is 1. The minimum Gasteiger partial charge on any atom is -0.481 e. The number of carboxylic acids is 1. The van der Waals surface area contributed by atoms with Gasteiger partial charge in [-0.3, -0.25) is 9.59 Å². The minimum absolute atomic E-state index is 0.0829. The molecule has 1 aliphatic carbocycles. The van der Waals surface area contributed by atoms with Crippen LogP contribution in [0.2, 0.25) is 0 Å². The van der Waals surface area contributed by atoms with E-state index in [1.807, 2.05) is 29.2 Å². The fourth-order valence-corrected chi connectivity index (χ4v) is 5.35. The topological polar surface area (TPSA) is 98.7 Å². The second kappa shape index (κ2) is 13.6. The van der Waals surface area contributed by atoms with E-state index < -0.39 is 5.97 Å². The molecule has 0 bridgehead atoms. The smallest absolute Gasteiger partial charge is 0.322 e. The Hall–Kier alpha value is -3.35. The van der Waals surface area contributed by atoms with Crippen LogP contribution >= 0.6 is 0 Å². The van der Waals surface area contributed by atoms with E-state index in [2.05, 4.69) is 57.4 Å². The first-order valence-corrected chi connectivity index (χ1v) is 14.2. The predicted molar refractivity (Wildman–Crippen MR) is 156 cm³/mol. The summed E-state index contributed by atoms with van der Waals surface area (Å²) >= 11 is 0. The van der Waals surface area contributed by atoms with Crippen LogP contribution in [0.3, 0.4) is 0 Å². The maximum atomic E-state index is 13.6. The summed E-state index contributed by atoms with van der Waals surface area (Å²) in [6.45, 7) is 11.8. The zero-order valence-electron chi connectivity index (χ0n) is 24.1. The number of carbonyl (C=O) groups is 3. The molecule has 0 aliphatic heterocycles. The van der Waals surface area contributed by atoms with Gasteiger partial charge in [0.05, 0.1) is 6.42 Å². The molecule has 2 aromatic carbocycles. The molecule has 1 fully saturated rings. The first kappa shape index (κ1) is 30.2. The predicted octanol–water partition coefficient (Wildman–Crippen LogP) is 6.73. The number of rotatable bonds is 10. The molecule has 0 radical (unpaired) electrons. The van der Waals surface area contributed by atoms with E-state index in [0.717, 1.165) is 43.4 Å². The van der Waals surface area contributed by atoms with Crippen LogP contribution in [0.5, 0.6) is 0 Å². The number of nitrogens with one attached hydrogen (secondary N) is 2. The van der Waals surface area contributed by atoms with Gasteiger partial charge in [-0.05, 0) is 84.7 Å². The first-order valence-electron chi connectivity index (χ1n) is 14.2. The molecule has 0 spiro atoms. The van der Waals surface area contributed by atoms with Crippen molar-refractivity contribution in [2.24, 2.45) is 17.3 Å². The third-order valence-electron chi connectivity index (χ3n) is 7.67. The van der Waals surface area contributed by atoms with E-state index in [1.165, 1.54) is 5.56 Å². The van der Waals surface area contributed by atoms with Gasteiger partial charge in [-0.2, -0.15) is 0 Å². The lowest BCUT2D eigenvalue weighted by atomic mass is 9.71. The quantitative estimate of drug-likeness (QED) is 0.314. The lowest BCUT2D eigenvalue weighted by molar-refractivity contribution is -0.136. The molecule has 0 unspecified atom stereocenters. The summed E-state index contributed by atoms with van der Waals surface area (Å²) in [4.78, 5) is 38.6. The summed E-state index contributed by atoms with van der Waals surface area (Å²) in [6, 6.07) is 15.3. The van der Waals surface area contributed by atoms with Crippen LogP contribution in [0.4, 0.5) is 10.5 Å². The van der Waals surface area contributed by atoms with Crippen molar-refractivity contribution in [2.45, 2.75) is 85.7 Å². The molecule has 0 saturated heterocycles. The van der Waals surface area contributed by atoms with E-state index in [9.17, 15) is 14.4 Å². The van der Waals surface area contributed by atoms with Crippen molar-refractivity contribution in [3.8, 4) is 0 Å². The molecule has 0 aromatic heterocycles. The number of carbonyl (C=O) groups excluding carboxylic acids is 2. The molecule has 1 aliphatic rings. The largest absolute Gasteiger partial charge is 0.481 e. The van der Waals surface area contributed by atoms with E-state index in [1.54, 1.807) is 12.1 Å². The summed E-state index contributed by atoms with van der Waals surface area (Å²) in [5.41, 5.74) is 3.71. The number of carboxylic acid groups (broad SMARTS) is 1. The van der Waals surface area contributed by atoms with Crippen molar-refractivity contribution in [3.63, 3.8) is 0 Å². The average molecular weight is 536 g/mol. The molecule has 39 heavy (non-hydrogen) atoms. The van der Waals surface area contributed by atoms with Gasteiger partial charge in [0.1, 0.15) is 0 Å². The maximum absolute atomic E-state index is 13.6. The molecule has 212 valence electrons. The molecular weight excluding hydrogens is 490 g/mol. The van der Waals surface area contributed by atoms with Gasteiger partial charge in [-0.1, -0.05) is 58.9 Å². The molecule has 0 atom stereocenters. The molecule has 3 rings (SSSR count). The summed E-state index contributed by atoms with van der Waals surface area (Å²) in [6.07, 6.45) is 5.00. The van der Waals surface area contributed by atoms with Gasteiger partial charge >= 0.3 is 12.0 Å². The Kier molecular flexibility index (Phi) is 10.6. The summed E-state index contributed by atoms with van der Waals surface area (Å²) in [5.74, 6) is -0.0386. The van der Waals surface area contributed by atoms with Crippen LogP contribution < -0.4 is 10.6 Å². The Labute approximate surface area is 233 Å². The van der Waals surface area contributed by atoms with Gasteiger partial charge in [0.2, 0.25) is 0 Å². The normalized spacial score (nSPS) is 17.5. The van der Waals surface area contributed by atoms with Crippen molar-refractivity contribution in [2.75, 3.05) is 11.9 Å². The minimum atomic E-state index is -0.952. The molecule has 3 amide bonds. The molecule has 0 heterocycles. The second-order valence-corrected chi connectivity index (χ2v) is 12.3. The fraction of sp³-hybridized carbons (Fsp3) is 0.531. The van der Waals surface area contributed by atoms with Gasteiger partial charge < -0.3 is 20.6 Å². The number of urea groups is 1. The summed E-state index contributed by atoms with van der Waals surface area (Å²) in [7, 11) is 0. The van der Waals surface area contributed by atoms with Crippen LogP contribution in [0.15, 0.2) is 48.5 Å². The SMILES string of the molecule is CC(C)Cc1ccc(NC(=O)N(Cc2ccc(C(=O)NCCC(=O)O)cc2)C2CCC(C(C)(C)C)CC2)cc1. The summed E-state index contributed by atoms with van der Waals surface area (Å²) < 4.78 is 0. The van der Waals surface area contributed by atoms with Crippen molar-refractivity contribution in [1.29, 1.82) is 0 Å². The van der Waals surface area contributed by atoms with Gasteiger partial charge in [0, 0.05) is 30.4 Å². The highest BCUT2D eigenvalue weighted by Crippen LogP contribution is 2.39. The zero-order chi connectivity index (χ0) is 28.6. The van der Waals surface area contributed by atoms with Gasteiger partial charge in [0.15, 0.2) is 0 Å². The van der Waals surface area contributed by atoms with E-state index in [4.69, 9.17) is 5.11 Å². The van der Waals surface area contributed by atoms with Crippen molar-refractivity contribution in [1.82, 2.24) is 10.2 Å². The number of amides is 3. The highest BCUT2D eigenvalue weighted by Gasteiger charge is 2.33. The molecule has 7 heteroatoms. The molecule has 7 nitrogen and oxygen atoms in total. The highest BCUT2D eigenvalue weighted by atomic mass is 16.4. The van der Waals surface area contributed by atoms with E-state index in [0.29, 0.717) is 23.9 Å². The standard InChI is InChI=1S/C32H45N3O4/c1-22(2)20-23-8-14-27(15-9-23)34-31(39)35(28-16-12-26(13-17-28)32(3,4)5)21-24-6-10-25(11-7-24)30(38)33-19-18-29(36)37/h6-11,14-15,22,26,28H,12-13,16-21H2,1-5H3,(H,33,38)(H,34,39)(H,36,37). The van der Waals surface area contributed by atoms with Crippen molar-refractivity contribution >= 4 is 23.6 Å². The fourth-order valence-electron chi connectivity index (χ4n) is 5.35. The number of nitrogens with zero attached hydrogens (tertiary/aromatic N) is 1. The van der Waals surface area contributed by atoms with Crippen molar-refractivity contribution in [3.05, 3.63) is 65.2 Å². The molecular formula is C32H45N3O4. The Balaban J connectivity index is 1.71. The Morgan fingerprint density at radius 2 is 1.51 bits per heavy atom. The molecule has 3 N–H and O–H groups in total. The molecule has 1 saturated carbocycles. The van der Waals surface area contributed by atoms with Crippen LogP contribution in [-0.2, 0) is 17.8 Å². The van der Waals surface area contributed by atoms with Gasteiger partial charge in [-0.15, -0.1) is 0 Å². The Morgan fingerprint density at radius 1 is 0.923 bits per heavy atom. The highest BCUT2D eigenvalue weighted by molar-refractivity contribution is 5.94. The number of anilines is 1. The number of hydrogen-bond donors (Lipinski definition) is 3. The third kappa shape index (κ3) is 9.41. The maximum Gasteiger partial charge on any atom is 0.322 e. The lowest BCUT2D eigenvalue weighted by Gasteiger charge is -2.41. The third-order valence-corrected chi connectivity index (χ3v) is 7.67.